The first-order valence-corrected chi connectivity index (χ1v) is 6.51. The van der Waals surface area contributed by atoms with E-state index in [9.17, 15) is 14.4 Å². The molecule has 0 fully saturated rings. The molecule has 0 spiro atoms. The van der Waals surface area contributed by atoms with Gasteiger partial charge >= 0.3 is 11.9 Å². The molecular formula is C12H15NO5S. The lowest BCUT2D eigenvalue weighted by Gasteiger charge is -2.11. The summed E-state index contributed by atoms with van der Waals surface area (Å²) in [6.07, 6.45) is 0.138. The minimum absolute atomic E-state index is 0.394. The molecule has 1 aromatic heterocycles. The second kappa shape index (κ2) is 6.33. The summed E-state index contributed by atoms with van der Waals surface area (Å²) in [4.78, 5) is 34.6. The van der Waals surface area contributed by atoms with Crippen molar-refractivity contribution in [3.8, 4) is 0 Å². The zero-order valence-electron chi connectivity index (χ0n) is 10.6. The normalized spacial score (nSPS) is 11.9. The van der Waals surface area contributed by atoms with E-state index in [0.29, 0.717) is 4.88 Å². The quantitative estimate of drug-likeness (QED) is 0.730. The summed E-state index contributed by atoms with van der Waals surface area (Å²) < 4.78 is 0. The maximum absolute atomic E-state index is 11.9. The van der Waals surface area contributed by atoms with Crippen molar-refractivity contribution in [3.63, 3.8) is 0 Å². The third kappa shape index (κ3) is 4.06. The molecule has 1 amide bonds. The number of carbonyl (C=O) groups is 3. The summed E-state index contributed by atoms with van der Waals surface area (Å²) in [5.74, 6) is -3.19. The van der Waals surface area contributed by atoms with Gasteiger partial charge in [-0.25, -0.2) is 4.79 Å². The third-order valence-electron chi connectivity index (χ3n) is 2.61. The maximum atomic E-state index is 11.9. The van der Waals surface area contributed by atoms with Crippen LogP contribution in [0.25, 0.3) is 0 Å². The summed E-state index contributed by atoms with van der Waals surface area (Å²) in [6, 6.07) is 0.284. The Hall–Kier alpha value is -1.89. The highest BCUT2D eigenvalue weighted by molar-refractivity contribution is 7.14. The van der Waals surface area contributed by atoms with E-state index in [1.165, 1.54) is 11.3 Å². The van der Waals surface area contributed by atoms with E-state index in [-0.39, 0.29) is 0 Å². The lowest BCUT2D eigenvalue weighted by Crippen LogP contribution is -2.41. The van der Waals surface area contributed by atoms with Crippen LogP contribution in [0.4, 0.5) is 0 Å². The highest BCUT2D eigenvalue weighted by Crippen LogP contribution is 2.22. The third-order valence-corrected chi connectivity index (χ3v) is 3.70. The van der Waals surface area contributed by atoms with E-state index < -0.39 is 30.3 Å². The number of hydrogen-bond acceptors (Lipinski definition) is 4. The fourth-order valence-electron chi connectivity index (χ4n) is 1.59. The smallest absolute Gasteiger partial charge is 0.326 e. The molecule has 0 aromatic carbocycles. The molecule has 0 unspecified atom stereocenters. The van der Waals surface area contributed by atoms with Crippen LogP contribution in [0.3, 0.4) is 0 Å². The fourth-order valence-corrected chi connectivity index (χ4v) is 2.60. The SMILES string of the molecule is CCc1cc(C(=O)N[C@H](CC(=O)O)C(=O)O)sc1C. The second-order valence-electron chi connectivity index (χ2n) is 4.01. The molecular weight excluding hydrogens is 270 g/mol. The largest absolute Gasteiger partial charge is 0.481 e. The van der Waals surface area contributed by atoms with Crippen molar-refractivity contribution < 1.29 is 24.6 Å². The summed E-state index contributed by atoms with van der Waals surface area (Å²) >= 11 is 1.27. The number of aliphatic carboxylic acids is 2. The van der Waals surface area contributed by atoms with E-state index in [1.807, 2.05) is 13.8 Å². The van der Waals surface area contributed by atoms with Gasteiger partial charge in [-0.1, -0.05) is 6.92 Å². The number of carbonyl (C=O) groups excluding carboxylic acids is 1. The molecule has 7 heteroatoms. The predicted molar refractivity (Wildman–Crippen MR) is 69.6 cm³/mol. The van der Waals surface area contributed by atoms with Gasteiger partial charge in [-0.15, -0.1) is 11.3 Å². The van der Waals surface area contributed by atoms with Crippen molar-refractivity contribution in [2.24, 2.45) is 0 Å². The average molecular weight is 285 g/mol. The van der Waals surface area contributed by atoms with Gasteiger partial charge in [0.2, 0.25) is 0 Å². The van der Waals surface area contributed by atoms with Crippen molar-refractivity contribution in [3.05, 3.63) is 21.4 Å². The number of thiophene rings is 1. The van der Waals surface area contributed by atoms with Crippen LogP contribution in [-0.4, -0.2) is 34.1 Å². The van der Waals surface area contributed by atoms with Crippen LogP contribution in [-0.2, 0) is 16.0 Å². The van der Waals surface area contributed by atoms with Gasteiger partial charge < -0.3 is 15.5 Å². The molecule has 19 heavy (non-hydrogen) atoms. The zero-order valence-corrected chi connectivity index (χ0v) is 11.4. The number of carboxylic acids is 2. The van der Waals surface area contributed by atoms with E-state index in [1.54, 1.807) is 6.07 Å². The van der Waals surface area contributed by atoms with Crippen LogP contribution < -0.4 is 5.32 Å². The highest BCUT2D eigenvalue weighted by atomic mass is 32.1. The summed E-state index contributed by atoms with van der Waals surface area (Å²) in [6.45, 7) is 3.84. The van der Waals surface area contributed by atoms with Gasteiger partial charge in [-0.05, 0) is 25.0 Å². The number of nitrogens with one attached hydrogen (secondary N) is 1. The second-order valence-corrected chi connectivity index (χ2v) is 5.26. The summed E-state index contributed by atoms with van der Waals surface area (Å²) in [5, 5.41) is 19.7. The molecule has 0 radical (unpaired) electrons. The first-order valence-electron chi connectivity index (χ1n) is 5.69. The van der Waals surface area contributed by atoms with E-state index >= 15 is 0 Å². The highest BCUT2D eigenvalue weighted by Gasteiger charge is 2.24. The Bertz CT molecular complexity index is 508. The molecule has 0 bridgehead atoms. The van der Waals surface area contributed by atoms with Crippen LogP contribution in [0.1, 0.15) is 33.5 Å². The summed E-state index contributed by atoms with van der Waals surface area (Å²) in [5.41, 5.74) is 1.03. The molecule has 104 valence electrons. The van der Waals surface area contributed by atoms with Gasteiger partial charge in [0, 0.05) is 4.88 Å². The van der Waals surface area contributed by atoms with Crippen LogP contribution in [0.15, 0.2) is 6.07 Å². The summed E-state index contributed by atoms with van der Waals surface area (Å²) in [7, 11) is 0. The Morgan fingerprint density at radius 1 is 1.37 bits per heavy atom. The molecule has 3 N–H and O–H groups in total. The maximum Gasteiger partial charge on any atom is 0.326 e. The van der Waals surface area contributed by atoms with Gasteiger partial charge in [0.1, 0.15) is 6.04 Å². The number of amides is 1. The number of aryl methyl sites for hydroxylation is 2. The number of carboxylic acid groups (broad SMARTS) is 2. The topological polar surface area (TPSA) is 104 Å². The monoisotopic (exact) mass is 285 g/mol. The number of hydrogen-bond donors (Lipinski definition) is 3. The Morgan fingerprint density at radius 3 is 2.42 bits per heavy atom. The molecule has 1 aromatic rings. The van der Waals surface area contributed by atoms with Crippen molar-refractivity contribution >= 4 is 29.2 Å². The van der Waals surface area contributed by atoms with Gasteiger partial charge in [0.25, 0.3) is 5.91 Å². The van der Waals surface area contributed by atoms with Crippen LogP contribution >= 0.6 is 11.3 Å². The predicted octanol–water partition coefficient (Wildman–Crippen LogP) is 1.28. The molecule has 1 atom stereocenters. The van der Waals surface area contributed by atoms with Gasteiger partial charge in [0.05, 0.1) is 11.3 Å². The molecule has 0 saturated heterocycles. The van der Waals surface area contributed by atoms with Crippen LogP contribution in [0.5, 0.6) is 0 Å². The Morgan fingerprint density at radius 2 is 2.00 bits per heavy atom. The van der Waals surface area contributed by atoms with E-state index in [4.69, 9.17) is 10.2 Å². The standard InChI is InChI=1S/C12H15NO5S/c1-3-7-4-9(19-6(7)2)11(16)13-8(12(17)18)5-10(14)15/h4,8H,3,5H2,1-2H3,(H,13,16)(H,14,15)(H,17,18)/t8-/m1/s1. The molecule has 0 aliphatic carbocycles. The first-order chi connectivity index (χ1) is 8.85. The zero-order chi connectivity index (χ0) is 14.6. The molecule has 0 aliphatic rings. The molecule has 6 nitrogen and oxygen atoms in total. The molecule has 1 heterocycles. The lowest BCUT2D eigenvalue weighted by atomic mass is 10.2. The minimum Gasteiger partial charge on any atom is -0.481 e. The molecule has 0 saturated carbocycles. The van der Waals surface area contributed by atoms with Crippen molar-refractivity contribution in [1.29, 1.82) is 0 Å². The number of rotatable bonds is 6. The average Bonchev–Trinajstić information content (AvgIpc) is 2.69. The van der Waals surface area contributed by atoms with E-state index in [0.717, 1.165) is 16.9 Å². The van der Waals surface area contributed by atoms with Crippen molar-refractivity contribution in [2.75, 3.05) is 0 Å². The first kappa shape index (κ1) is 15.2. The van der Waals surface area contributed by atoms with Crippen molar-refractivity contribution in [2.45, 2.75) is 32.7 Å². The minimum atomic E-state index is -1.42. The molecule has 0 aliphatic heterocycles. The van der Waals surface area contributed by atoms with Gasteiger partial charge in [0.15, 0.2) is 0 Å². The Balaban J connectivity index is 2.81. The lowest BCUT2D eigenvalue weighted by molar-refractivity contribution is -0.145. The fraction of sp³-hybridized carbons (Fsp3) is 0.417. The van der Waals surface area contributed by atoms with Gasteiger partial charge in [-0.2, -0.15) is 0 Å². The van der Waals surface area contributed by atoms with Crippen LogP contribution in [0.2, 0.25) is 0 Å². The van der Waals surface area contributed by atoms with E-state index in [2.05, 4.69) is 5.32 Å². The molecule has 1 rings (SSSR count). The van der Waals surface area contributed by atoms with Crippen LogP contribution in [0, 0.1) is 6.92 Å². The van der Waals surface area contributed by atoms with Gasteiger partial charge in [-0.3, -0.25) is 9.59 Å². The van der Waals surface area contributed by atoms with Crippen molar-refractivity contribution in [1.82, 2.24) is 5.32 Å². The Labute approximate surface area is 114 Å². The Kier molecular flexibility index (Phi) is 5.05.